The molecule has 0 aliphatic carbocycles. The number of hydrogen-bond acceptors (Lipinski definition) is 3. The zero-order chi connectivity index (χ0) is 23.7. The van der Waals surface area contributed by atoms with Gasteiger partial charge in [0.25, 0.3) is 5.91 Å². The topological polar surface area (TPSA) is 58.6 Å². The quantitative estimate of drug-likeness (QED) is 0.536. The molecule has 0 heterocycles. The minimum atomic E-state index is -0.763. The summed E-state index contributed by atoms with van der Waals surface area (Å²) >= 11 is 0. The summed E-state index contributed by atoms with van der Waals surface area (Å²) in [7, 11) is 0. The molecule has 2 amide bonds. The lowest BCUT2D eigenvalue weighted by Gasteiger charge is -2.29. The summed E-state index contributed by atoms with van der Waals surface area (Å²) in [4.78, 5) is 27.2. The van der Waals surface area contributed by atoms with Crippen LogP contribution in [0.25, 0.3) is 0 Å². The smallest absolute Gasteiger partial charge is 0.261 e. The first kappa shape index (κ1) is 25.4. The van der Waals surface area contributed by atoms with Crippen LogP contribution in [0.1, 0.15) is 58.6 Å². The van der Waals surface area contributed by atoms with Crippen molar-refractivity contribution in [1.29, 1.82) is 0 Å². The first-order valence-corrected chi connectivity index (χ1v) is 11.2. The third-order valence-electron chi connectivity index (χ3n) is 5.34. The highest BCUT2D eigenvalue weighted by Crippen LogP contribution is 2.31. The Balaban J connectivity index is 2.20. The van der Waals surface area contributed by atoms with E-state index in [2.05, 4.69) is 26.1 Å². The van der Waals surface area contributed by atoms with Gasteiger partial charge >= 0.3 is 0 Å². The highest BCUT2D eigenvalue weighted by atomic mass is 19.1. The summed E-state index contributed by atoms with van der Waals surface area (Å²) in [6, 6.07) is 13.1. The number of unbranched alkanes of at least 4 members (excludes halogenated alkanes) is 1. The fourth-order valence-electron chi connectivity index (χ4n) is 3.36. The predicted octanol–water partition coefficient (Wildman–Crippen LogP) is 4.84. The number of hydrogen-bond donors (Lipinski definition) is 1. The normalized spacial score (nSPS) is 12.2. The van der Waals surface area contributed by atoms with Crippen LogP contribution < -0.4 is 10.1 Å². The van der Waals surface area contributed by atoms with Gasteiger partial charge in [-0.25, -0.2) is 4.39 Å². The van der Waals surface area contributed by atoms with Gasteiger partial charge in [-0.3, -0.25) is 9.59 Å². The largest absolute Gasteiger partial charge is 0.483 e. The first-order valence-electron chi connectivity index (χ1n) is 11.2. The van der Waals surface area contributed by atoms with E-state index in [0.29, 0.717) is 17.9 Å². The predicted molar refractivity (Wildman–Crippen MR) is 125 cm³/mol. The van der Waals surface area contributed by atoms with Crippen molar-refractivity contribution < 1.29 is 18.7 Å². The van der Waals surface area contributed by atoms with Crippen molar-refractivity contribution in [1.82, 2.24) is 10.2 Å². The monoisotopic (exact) mass is 442 g/mol. The van der Waals surface area contributed by atoms with Crippen molar-refractivity contribution in [3.63, 3.8) is 0 Å². The number of nitrogens with zero attached hydrogens (tertiary/aromatic N) is 1. The van der Waals surface area contributed by atoms with E-state index in [4.69, 9.17) is 4.74 Å². The van der Waals surface area contributed by atoms with Crippen molar-refractivity contribution in [3.8, 4) is 5.75 Å². The van der Waals surface area contributed by atoms with Gasteiger partial charge in [-0.15, -0.1) is 0 Å². The summed E-state index contributed by atoms with van der Waals surface area (Å²) < 4.78 is 20.2. The number of halogens is 1. The average Bonchev–Trinajstić information content (AvgIpc) is 2.76. The minimum absolute atomic E-state index is 0.0157. The van der Waals surface area contributed by atoms with Crippen LogP contribution in [0.3, 0.4) is 0 Å². The Morgan fingerprint density at radius 1 is 1.09 bits per heavy atom. The maximum Gasteiger partial charge on any atom is 0.261 e. The summed E-state index contributed by atoms with van der Waals surface area (Å²) in [5.74, 6) is -0.435. The Kier molecular flexibility index (Phi) is 9.24. The van der Waals surface area contributed by atoms with Crippen LogP contribution in [-0.2, 0) is 21.5 Å². The number of carbonyl (C=O) groups excluding carboxylic acids is 2. The van der Waals surface area contributed by atoms with Crippen molar-refractivity contribution in [2.45, 2.75) is 65.5 Å². The van der Waals surface area contributed by atoms with Gasteiger partial charge in [-0.05, 0) is 36.5 Å². The van der Waals surface area contributed by atoms with Gasteiger partial charge in [0.05, 0.1) is 0 Å². The van der Waals surface area contributed by atoms with Crippen LogP contribution >= 0.6 is 0 Å². The lowest BCUT2D eigenvalue weighted by atomic mass is 9.86. The van der Waals surface area contributed by atoms with E-state index in [1.807, 2.05) is 31.2 Å². The maximum atomic E-state index is 14.3. The molecule has 1 atom stereocenters. The SMILES string of the molecule is CCCCNC(=O)C(C)N(Cc1ccccc1F)C(=O)COc1ccccc1C(C)(C)C. The zero-order valence-corrected chi connectivity index (χ0v) is 19.8. The minimum Gasteiger partial charge on any atom is -0.483 e. The molecule has 0 fully saturated rings. The number of nitrogens with one attached hydrogen (secondary N) is 1. The van der Waals surface area contributed by atoms with E-state index in [-0.39, 0.29) is 30.4 Å². The van der Waals surface area contributed by atoms with Crippen molar-refractivity contribution in [3.05, 3.63) is 65.5 Å². The summed E-state index contributed by atoms with van der Waals surface area (Å²) in [6.45, 7) is 10.2. The van der Waals surface area contributed by atoms with Crippen LogP contribution in [0.5, 0.6) is 5.75 Å². The molecule has 0 spiro atoms. The summed E-state index contributed by atoms with van der Waals surface area (Å²) in [5.41, 5.74) is 1.18. The van der Waals surface area contributed by atoms with Gasteiger partial charge in [0, 0.05) is 18.7 Å². The molecule has 5 nitrogen and oxygen atoms in total. The number of amides is 2. The molecule has 0 bridgehead atoms. The van der Waals surface area contributed by atoms with Crippen LogP contribution in [0.4, 0.5) is 4.39 Å². The second-order valence-corrected chi connectivity index (χ2v) is 8.97. The Morgan fingerprint density at radius 2 is 1.75 bits per heavy atom. The lowest BCUT2D eigenvalue weighted by molar-refractivity contribution is -0.142. The van der Waals surface area contributed by atoms with Crippen molar-refractivity contribution >= 4 is 11.8 Å². The average molecular weight is 443 g/mol. The zero-order valence-electron chi connectivity index (χ0n) is 19.8. The van der Waals surface area contributed by atoms with Crippen LogP contribution in [-0.4, -0.2) is 35.9 Å². The van der Waals surface area contributed by atoms with Gasteiger partial charge in [-0.2, -0.15) is 0 Å². The molecule has 2 aromatic rings. The van der Waals surface area contributed by atoms with Gasteiger partial charge in [-0.1, -0.05) is 70.5 Å². The molecule has 2 rings (SSSR count). The molecule has 32 heavy (non-hydrogen) atoms. The van der Waals surface area contributed by atoms with Gasteiger partial charge in [0.15, 0.2) is 6.61 Å². The molecular weight excluding hydrogens is 407 g/mol. The molecule has 0 aliphatic rings. The first-order chi connectivity index (χ1) is 15.1. The van der Waals surface area contributed by atoms with Gasteiger partial charge in [0.1, 0.15) is 17.6 Å². The van der Waals surface area contributed by atoms with Crippen LogP contribution in [0.15, 0.2) is 48.5 Å². The second-order valence-electron chi connectivity index (χ2n) is 8.97. The van der Waals surface area contributed by atoms with Crippen molar-refractivity contribution in [2.75, 3.05) is 13.2 Å². The maximum absolute atomic E-state index is 14.3. The van der Waals surface area contributed by atoms with E-state index < -0.39 is 11.9 Å². The van der Waals surface area contributed by atoms with Crippen LogP contribution in [0, 0.1) is 5.82 Å². The Labute approximate surface area is 191 Å². The van der Waals surface area contributed by atoms with Gasteiger partial charge < -0.3 is 15.0 Å². The van der Waals surface area contributed by atoms with Gasteiger partial charge in [0.2, 0.25) is 5.91 Å². The van der Waals surface area contributed by atoms with E-state index in [9.17, 15) is 14.0 Å². The summed E-state index contributed by atoms with van der Waals surface area (Å²) in [6.07, 6.45) is 1.81. The Hall–Kier alpha value is -2.89. The van der Waals surface area contributed by atoms with Crippen LogP contribution in [0.2, 0.25) is 0 Å². The van der Waals surface area contributed by atoms with E-state index in [1.165, 1.54) is 11.0 Å². The molecule has 1 N–H and O–H groups in total. The molecule has 0 radical (unpaired) electrons. The molecule has 0 aliphatic heterocycles. The van der Waals surface area contributed by atoms with E-state index in [0.717, 1.165) is 18.4 Å². The number of ether oxygens (including phenoxy) is 1. The molecule has 1 unspecified atom stereocenters. The second kappa shape index (κ2) is 11.7. The molecule has 174 valence electrons. The summed E-state index contributed by atoms with van der Waals surface area (Å²) in [5, 5.41) is 2.85. The van der Waals surface area contributed by atoms with Crippen molar-refractivity contribution in [2.24, 2.45) is 0 Å². The number of benzene rings is 2. The third kappa shape index (κ3) is 7.08. The number of para-hydroxylation sites is 1. The van der Waals surface area contributed by atoms with E-state index in [1.54, 1.807) is 25.1 Å². The highest BCUT2D eigenvalue weighted by molar-refractivity contribution is 5.88. The molecule has 6 heteroatoms. The lowest BCUT2D eigenvalue weighted by Crippen LogP contribution is -2.49. The highest BCUT2D eigenvalue weighted by Gasteiger charge is 2.27. The molecule has 2 aromatic carbocycles. The Bertz CT molecular complexity index is 908. The fraction of sp³-hybridized carbons (Fsp3) is 0.462. The molecular formula is C26H35FN2O3. The number of carbonyl (C=O) groups is 2. The molecule has 0 aromatic heterocycles. The molecule has 0 saturated heterocycles. The third-order valence-corrected chi connectivity index (χ3v) is 5.34. The number of rotatable bonds is 10. The molecule has 0 saturated carbocycles. The fourth-order valence-corrected chi connectivity index (χ4v) is 3.36. The van der Waals surface area contributed by atoms with E-state index >= 15 is 0 Å². The standard InChI is InChI=1S/C26H35FN2O3/c1-6-7-16-28-25(31)19(2)29(17-20-12-8-10-14-22(20)27)24(30)18-32-23-15-11-9-13-21(23)26(3,4)5/h8-15,19H,6-7,16-18H2,1-5H3,(H,28,31). The Morgan fingerprint density at radius 3 is 2.41 bits per heavy atom.